The first kappa shape index (κ1) is 34.5. The highest BCUT2D eigenvalue weighted by molar-refractivity contribution is 7.92. The van der Waals surface area contributed by atoms with Gasteiger partial charge in [0.05, 0.1) is 31.9 Å². The molecule has 0 radical (unpaired) electrons. The SMILES string of the molecule is CCC(C(=O)NC(C)C)N(CCc1ccccc1)C(=O)CN(c1cc(Cl)ccc1OC)S(=O)(=O)c1ccc(OC)c(OC)c1. The number of methoxy groups -OCH3 is 3. The Kier molecular flexibility index (Phi) is 12.3. The lowest BCUT2D eigenvalue weighted by Gasteiger charge is -2.34. The van der Waals surface area contributed by atoms with Gasteiger partial charge in [0.15, 0.2) is 11.5 Å². The number of nitrogens with one attached hydrogen (secondary N) is 1. The van der Waals surface area contributed by atoms with Crippen LogP contribution in [0.3, 0.4) is 0 Å². The van der Waals surface area contributed by atoms with Gasteiger partial charge in [-0.15, -0.1) is 0 Å². The zero-order chi connectivity index (χ0) is 32.4. The summed E-state index contributed by atoms with van der Waals surface area (Å²) in [6.45, 7) is 5.04. The minimum atomic E-state index is -4.42. The predicted octanol–water partition coefficient (Wildman–Crippen LogP) is 4.94. The minimum absolute atomic E-state index is 0.0609. The van der Waals surface area contributed by atoms with Crippen molar-refractivity contribution in [2.45, 2.75) is 50.6 Å². The summed E-state index contributed by atoms with van der Waals surface area (Å²) >= 11 is 6.32. The number of carbonyl (C=O) groups excluding carboxylic acids is 2. The lowest BCUT2D eigenvalue weighted by molar-refractivity contribution is -0.139. The molecule has 0 aromatic heterocycles. The summed E-state index contributed by atoms with van der Waals surface area (Å²) in [4.78, 5) is 28.8. The van der Waals surface area contributed by atoms with Crippen molar-refractivity contribution in [2.75, 3.05) is 38.7 Å². The highest BCUT2D eigenvalue weighted by Gasteiger charge is 2.35. The van der Waals surface area contributed by atoms with Gasteiger partial charge in [-0.05, 0) is 62.6 Å². The van der Waals surface area contributed by atoms with Crippen LogP contribution in [0.2, 0.25) is 5.02 Å². The van der Waals surface area contributed by atoms with Gasteiger partial charge in [0.1, 0.15) is 18.3 Å². The molecule has 0 aliphatic rings. The molecule has 238 valence electrons. The number of hydrogen-bond acceptors (Lipinski definition) is 7. The molecule has 0 saturated carbocycles. The Balaban J connectivity index is 2.13. The van der Waals surface area contributed by atoms with Gasteiger partial charge in [0, 0.05) is 23.7 Å². The Morgan fingerprint density at radius 1 is 0.886 bits per heavy atom. The fourth-order valence-corrected chi connectivity index (χ4v) is 6.35. The highest BCUT2D eigenvalue weighted by Crippen LogP contribution is 2.37. The van der Waals surface area contributed by atoms with Crippen LogP contribution in [0.4, 0.5) is 5.69 Å². The van der Waals surface area contributed by atoms with Crippen LogP contribution in [0.15, 0.2) is 71.6 Å². The Labute approximate surface area is 264 Å². The lowest BCUT2D eigenvalue weighted by Crippen LogP contribution is -2.54. The Hall–Kier alpha value is -3.96. The van der Waals surface area contributed by atoms with Crippen LogP contribution in [-0.2, 0) is 26.0 Å². The van der Waals surface area contributed by atoms with Crippen molar-refractivity contribution in [1.29, 1.82) is 0 Å². The number of amides is 2. The molecule has 0 bridgehead atoms. The molecule has 1 unspecified atom stereocenters. The number of hydrogen-bond donors (Lipinski definition) is 1. The van der Waals surface area contributed by atoms with Gasteiger partial charge in [-0.3, -0.25) is 13.9 Å². The minimum Gasteiger partial charge on any atom is -0.495 e. The molecule has 1 N–H and O–H groups in total. The second-order valence-electron chi connectivity index (χ2n) is 10.3. The lowest BCUT2D eigenvalue weighted by atomic mass is 10.1. The summed E-state index contributed by atoms with van der Waals surface area (Å²) in [5, 5.41) is 3.13. The maximum Gasteiger partial charge on any atom is 0.265 e. The first-order chi connectivity index (χ1) is 21.0. The van der Waals surface area contributed by atoms with Crippen LogP contribution in [0.1, 0.15) is 32.8 Å². The van der Waals surface area contributed by atoms with E-state index in [1.807, 2.05) is 51.1 Å². The summed E-state index contributed by atoms with van der Waals surface area (Å²) in [6, 6.07) is 17.2. The molecule has 2 amide bonds. The molecule has 0 aliphatic heterocycles. The molecule has 0 spiro atoms. The molecule has 3 aromatic rings. The van der Waals surface area contributed by atoms with Gasteiger partial charge in [-0.2, -0.15) is 0 Å². The summed E-state index contributed by atoms with van der Waals surface area (Å²) in [6.07, 6.45) is 0.781. The molecule has 3 rings (SSSR count). The van der Waals surface area contributed by atoms with Crippen molar-refractivity contribution in [2.24, 2.45) is 0 Å². The molecule has 1 atom stereocenters. The number of benzene rings is 3. The van der Waals surface area contributed by atoms with E-state index < -0.39 is 28.5 Å². The molecular weight excluding hydrogens is 606 g/mol. The van der Waals surface area contributed by atoms with E-state index in [0.717, 1.165) is 9.87 Å². The number of carbonyl (C=O) groups is 2. The molecule has 10 nitrogen and oxygen atoms in total. The van der Waals surface area contributed by atoms with Crippen LogP contribution in [0.5, 0.6) is 17.2 Å². The van der Waals surface area contributed by atoms with Gasteiger partial charge in [-0.25, -0.2) is 8.42 Å². The topological polar surface area (TPSA) is 114 Å². The summed E-state index contributed by atoms with van der Waals surface area (Å²) in [5.74, 6) is -0.176. The van der Waals surface area contributed by atoms with Crippen molar-refractivity contribution in [3.8, 4) is 17.2 Å². The zero-order valence-electron chi connectivity index (χ0n) is 25.9. The average molecular weight is 646 g/mol. The Bertz CT molecular complexity index is 1530. The van der Waals surface area contributed by atoms with E-state index >= 15 is 0 Å². The number of ether oxygens (including phenoxy) is 3. The van der Waals surface area contributed by atoms with Crippen LogP contribution < -0.4 is 23.8 Å². The first-order valence-electron chi connectivity index (χ1n) is 14.2. The van der Waals surface area contributed by atoms with Crippen molar-refractivity contribution in [3.05, 3.63) is 77.3 Å². The third-order valence-electron chi connectivity index (χ3n) is 6.93. The third-order valence-corrected chi connectivity index (χ3v) is 8.92. The van der Waals surface area contributed by atoms with E-state index in [1.165, 1.54) is 56.6 Å². The normalized spacial score (nSPS) is 11.9. The molecule has 0 fully saturated rings. The molecule has 3 aromatic carbocycles. The highest BCUT2D eigenvalue weighted by atomic mass is 35.5. The molecular formula is C32H40ClN3O7S. The van der Waals surface area contributed by atoms with Crippen LogP contribution in [-0.4, -0.2) is 71.6 Å². The van der Waals surface area contributed by atoms with Gasteiger partial charge >= 0.3 is 0 Å². The summed E-state index contributed by atoms with van der Waals surface area (Å²) < 4.78 is 45.7. The molecule has 0 aliphatic carbocycles. The Morgan fingerprint density at radius 2 is 1.52 bits per heavy atom. The van der Waals surface area contributed by atoms with Crippen molar-refractivity contribution in [1.82, 2.24) is 10.2 Å². The predicted molar refractivity (Wildman–Crippen MR) is 171 cm³/mol. The Morgan fingerprint density at radius 3 is 2.11 bits per heavy atom. The second kappa shape index (κ2) is 15.7. The van der Waals surface area contributed by atoms with Gasteiger partial charge in [0.25, 0.3) is 10.0 Å². The smallest absolute Gasteiger partial charge is 0.265 e. The van der Waals surface area contributed by atoms with Crippen LogP contribution >= 0.6 is 11.6 Å². The molecule has 0 heterocycles. The molecule has 0 saturated heterocycles. The standard InChI is InChI=1S/C32H40ClN3O7S/c1-7-26(32(38)34-22(2)3)35(18-17-23-11-9-8-10-12-23)31(37)21-36(27-19-24(33)13-15-28(27)41-4)44(39,40)25-14-16-29(42-5)30(20-25)43-6/h8-16,19-20,22,26H,7,17-18,21H2,1-6H3,(H,34,38). The van der Waals surface area contributed by atoms with Gasteiger partial charge in [-0.1, -0.05) is 48.9 Å². The number of anilines is 1. The third kappa shape index (κ3) is 8.35. The van der Waals surface area contributed by atoms with E-state index in [9.17, 15) is 18.0 Å². The summed E-state index contributed by atoms with van der Waals surface area (Å²) in [7, 11) is -0.185. The van der Waals surface area contributed by atoms with E-state index in [1.54, 1.807) is 6.07 Å². The monoisotopic (exact) mass is 645 g/mol. The molecule has 44 heavy (non-hydrogen) atoms. The van der Waals surface area contributed by atoms with E-state index in [4.69, 9.17) is 25.8 Å². The van der Waals surface area contributed by atoms with E-state index in [-0.39, 0.29) is 45.6 Å². The van der Waals surface area contributed by atoms with Crippen molar-refractivity contribution >= 4 is 39.1 Å². The fraction of sp³-hybridized carbons (Fsp3) is 0.375. The van der Waals surface area contributed by atoms with Gasteiger partial charge < -0.3 is 24.4 Å². The van der Waals surface area contributed by atoms with Crippen molar-refractivity contribution in [3.63, 3.8) is 0 Å². The second-order valence-corrected chi connectivity index (χ2v) is 12.6. The number of nitrogens with zero attached hydrogens (tertiary/aromatic N) is 2. The van der Waals surface area contributed by atoms with E-state index in [0.29, 0.717) is 18.6 Å². The van der Waals surface area contributed by atoms with Crippen LogP contribution in [0, 0.1) is 0 Å². The maximum absolute atomic E-state index is 14.3. The number of sulfonamides is 1. The fourth-order valence-electron chi connectivity index (χ4n) is 4.75. The zero-order valence-corrected chi connectivity index (χ0v) is 27.4. The quantitative estimate of drug-likeness (QED) is 0.249. The molecule has 12 heteroatoms. The van der Waals surface area contributed by atoms with Crippen molar-refractivity contribution < 1.29 is 32.2 Å². The van der Waals surface area contributed by atoms with Gasteiger partial charge in [0.2, 0.25) is 11.8 Å². The maximum atomic E-state index is 14.3. The van der Waals surface area contributed by atoms with E-state index in [2.05, 4.69) is 5.32 Å². The average Bonchev–Trinajstić information content (AvgIpc) is 3.01. The summed E-state index contributed by atoms with van der Waals surface area (Å²) in [5.41, 5.74) is 1.03. The van der Waals surface area contributed by atoms with Crippen LogP contribution in [0.25, 0.3) is 0 Å². The number of halogens is 1. The number of rotatable bonds is 15. The largest absolute Gasteiger partial charge is 0.495 e. The first-order valence-corrected chi connectivity index (χ1v) is 16.0.